The number of aryl methyl sites for hydroxylation is 1. The largest absolute Gasteiger partial charge is 0.311 e. The van der Waals surface area contributed by atoms with Crippen LogP contribution < -0.4 is 5.32 Å². The molecule has 0 radical (unpaired) electrons. The molecule has 0 aromatic carbocycles. The molecular weight excluding hydrogens is 256 g/mol. The number of aromatic nitrogens is 1. The standard InChI is InChI=1S/C11H15BrN2O/c1-3-4-5-11(15)14-10-7-6-9(12)8(2)13-10/h6-7H,3-5H2,1-2H3,(H,13,14,15). The van der Waals surface area contributed by atoms with Gasteiger partial charge in [-0.15, -0.1) is 0 Å². The molecule has 1 rings (SSSR count). The van der Waals surface area contributed by atoms with Crippen LogP contribution in [-0.2, 0) is 4.79 Å². The van der Waals surface area contributed by atoms with E-state index in [1.165, 1.54) is 0 Å². The second-order valence-electron chi connectivity index (χ2n) is 3.42. The number of nitrogens with one attached hydrogen (secondary N) is 1. The van der Waals surface area contributed by atoms with Crippen LogP contribution in [0.25, 0.3) is 0 Å². The first-order chi connectivity index (χ1) is 7.13. The van der Waals surface area contributed by atoms with Crippen LogP contribution in [0.3, 0.4) is 0 Å². The Morgan fingerprint density at radius 2 is 2.27 bits per heavy atom. The van der Waals surface area contributed by atoms with Crippen molar-refractivity contribution in [2.24, 2.45) is 0 Å². The molecule has 1 N–H and O–H groups in total. The van der Waals surface area contributed by atoms with Crippen molar-refractivity contribution in [1.82, 2.24) is 4.98 Å². The summed E-state index contributed by atoms with van der Waals surface area (Å²) >= 11 is 3.36. The smallest absolute Gasteiger partial charge is 0.225 e. The summed E-state index contributed by atoms with van der Waals surface area (Å²) in [6.07, 6.45) is 2.51. The van der Waals surface area contributed by atoms with E-state index in [0.29, 0.717) is 12.2 Å². The summed E-state index contributed by atoms with van der Waals surface area (Å²) in [6.45, 7) is 3.96. The molecule has 0 spiro atoms. The van der Waals surface area contributed by atoms with Crippen LogP contribution in [0.15, 0.2) is 16.6 Å². The first kappa shape index (κ1) is 12.2. The Balaban J connectivity index is 2.57. The Labute approximate surface area is 98.4 Å². The molecule has 4 heteroatoms. The van der Waals surface area contributed by atoms with Gasteiger partial charge in [0, 0.05) is 10.9 Å². The quantitative estimate of drug-likeness (QED) is 0.913. The summed E-state index contributed by atoms with van der Waals surface area (Å²) in [6, 6.07) is 3.68. The lowest BCUT2D eigenvalue weighted by Gasteiger charge is -2.05. The van der Waals surface area contributed by atoms with E-state index < -0.39 is 0 Å². The molecule has 0 saturated heterocycles. The molecule has 0 atom stereocenters. The fraction of sp³-hybridized carbons (Fsp3) is 0.455. The molecule has 0 aliphatic carbocycles. The number of anilines is 1. The Morgan fingerprint density at radius 1 is 1.53 bits per heavy atom. The van der Waals surface area contributed by atoms with Gasteiger partial charge in [-0.3, -0.25) is 4.79 Å². The SMILES string of the molecule is CCCCC(=O)Nc1ccc(Br)c(C)n1. The molecule has 1 heterocycles. The molecule has 0 unspecified atom stereocenters. The van der Waals surface area contributed by atoms with Crippen molar-refractivity contribution in [2.75, 3.05) is 5.32 Å². The molecule has 0 aliphatic heterocycles. The summed E-state index contributed by atoms with van der Waals surface area (Å²) in [4.78, 5) is 15.6. The highest BCUT2D eigenvalue weighted by Crippen LogP contribution is 2.16. The lowest BCUT2D eigenvalue weighted by atomic mass is 10.2. The van der Waals surface area contributed by atoms with Gasteiger partial charge in [0.25, 0.3) is 0 Å². The van der Waals surface area contributed by atoms with Gasteiger partial charge in [-0.1, -0.05) is 13.3 Å². The van der Waals surface area contributed by atoms with E-state index in [4.69, 9.17) is 0 Å². The van der Waals surface area contributed by atoms with Gasteiger partial charge >= 0.3 is 0 Å². The Bertz CT molecular complexity index is 352. The number of halogens is 1. The van der Waals surface area contributed by atoms with Gasteiger partial charge in [-0.05, 0) is 41.4 Å². The van der Waals surface area contributed by atoms with Gasteiger partial charge in [0.15, 0.2) is 0 Å². The number of hydrogen-bond donors (Lipinski definition) is 1. The zero-order valence-electron chi connectivity index (χ0n) is 9.01. The maximum Gasteiger partial charge on any atom is 0.225 e. The average molecular weight is 271 g/mol. The number of unbranched alkanes of at least 4 members (excludes halogenated alkanes) is 1. The van der Waals surface area contributed by atoms with Crippen LogP contribution in [-0.4, -0.2) is 10.9 Å². The second-order valence-corrected chi connectivity index (χ2v) is 4.27. The summed E-state index contributed by atoms with van der Waals surface area (Å²) in [5.41, 5.74) is 0.878. The maximum atomic E-state index is 11.4. The van der Waals surface area contributed by atoms with E-state index in [1.54, 1.807) is 6.07 Å². The van der Waals surface area contributed by atoms with Crippen LogP contribution >= 0.6 is 15.9 Å². The lowest BCUT2D eigenvalue weighted by Crippen LogP contribution is -2.12. The summed E-state index contributed by atoms with van der Waals surface area (Å²) in [7, 11) is 0. The highest BCUT2D eigenvalue weighted by molar-refractivity contribution is 9.10. The molecular formula is C11H15BrN2O. The zero-order valence-corrected chi connectivity index (χ0v) is 10.6. The van der Waals surface area contributed by atoms with Gasteiger partial charge in [0.05, 0.1) is 5.69 Å². The third-order valence-electron chi connectivity index (χ3n) is 2.05. The van der Waals surface area contributed by atoms with Crippen molar-refractivity contribution in [3.8, 4) is 0 Å². The van der Waals surface area contributed by atoms with Crippen LogP contribution in [0.5, 0.6) is 0 Å². The lowest BCUT2D eigenvalue weighted by molar-refractivity contribution is -0.116. The van der Waals surface area contributed by atoms with Crippen molar-refractivity contribution < 1.29 is 4.79 Å². The number of nitrogens with zero attached hydrogens (tertiary/aromatic N) is 1. The van der Waals surface area contributed by atoms with Crippen molar-refractivity contribution >= 4 is 27.7 Å². The third kappa shape index (κ3) is 4.00. The second kappa shape index (κ2) is 5.85. The number of rotatable bonds is 4. The minimum absolute atomic E-state index is 0.0334. The van der Waals surface area contributed by atoms with E-state index >= 15 is 0 Å². The van der Waals surface area contributed by atoms with Crippen LogP contribution in [0, 0.1) is 6.92 Å². The summed E-state index contributed by atoms with van der Waals surface area (Å²) < 4.78 is 0.953. The van der Waals surface area contributed by atoms with E-state index in [1.807, 2.05) is 13.0 Å². The number of pyridine rings is 1. The Hall–Kier alpha value is -0.900. The van der Waals surface area contributed by atoms with E-state index in [0.717, 1.165) is 23.0 Å². The van der Waals surface area contributed by atoms with Gasteiger partial charge in [0.2, 0.25) is 5.91 Å². The molecule has 3 nitrogen and oxygen atoms in total. The number of amides is 1. The first-order valence-electron chi connectivity index (χ1n) is 5.06. The van der Waals surface area contributed by atoms with Gasteiger partial charge in [-0.2, -0.15) is 0 Å². The maximum absolute atomic E-state index is 11.4. The van der Waals surface area contributed by atoms with E-state index in [9.17, 15) is 4.79 Å². The van der Waals surface area contributed by atoms with E-state index in [-0.39, 0.29) is 5.91 Å². The van der Waals surface area contributed by atoms with Crippen molar-refractivity contribution in [3.05, 3.63) is 22.3 Å². The highest BCUT2D eigenvalue weighted by Gasteiger charge is 2.03. The number of carbonyl (C=O) groups excluding carboxylic acids is 1. The number of carbonyl (C=O) groups is 1. The molecule has 15 heavy (non-hydrogen) atoms. The molecule has 1 amide bonds. The fourth-order valence-corrected chi connectivity index (χ4v) is 1.38. The van der Waals surface area contributed by atoms with Gasteiger partial charge in [0.1, 0.15) is 5.82 Å². The van der Waals surface area contributed by atoms with Gasteiger partial charge < -0.3 is 5.32 Å². The van der Waals surface area contributed by atoms with Crippen molar-refractivity contribution in [3.63, 3.8) is 0 Å². The van der Waals surface area contributed by atoms with Gasteiger partial charge in [-0.25, -0.2) is 4.98 Å². The molecule has 0 aliphatic rings. The van der Waals surface area contributed by atoms with Crippen LogP contribution in [0.4, 0.5) is 5.82 Å². The minimum atomic E-state index is 0.0334. The topological polar surface area (TPSA) is 42.0 Å². The molecule has 82 valence electrons. The monoisotopic (exact) mass is 270 g/mol. The van der Waals surface area contributed by atoms with Crippen molar-refractivity contribution in [2.45, 2.75) is 33.1 Å². The predicted molar refractivity (Wildman–Crippen MR) is 64.8 cm³/mol. The fourth-order valence-electron chi connectivity index (χ4n) is 1.16. The minimum Gasteiger partial charge on any atom is -0.311 e. The summed E-state index contributed by atoms with van der Waals surface area (Å²) in [5, 5.41) is 2.77. The van der Waals surface area contributed by atoms with Crippen LogP contribution in [0.1, 0.15) is 31.9 Å². The zero-order chi connectivity index (χ0) is 11.3. The Morgan fingerprint density at radius 3 is 2.87 bits per heavy atom. The molecule has 0 fully saturated rings. The first-order valence-corrected chi connectivity index (χ1v) is 5.85. The predicted octanol–water partition coefficient (Wildman–Crippen LogP) is 3.28. The molecule has 1 aromatic rings. The Kier molecular flexibility index (Phi) is 4.75. The van der Waals surface area contributed by atoms with E-state index in [2.05, 4.69) is 33.2 Å². The molecule has 0 bridgehead atoms. The number of hydrogen-bond acceptors (Lipinski definition) is 2. The average Bonchev–Trinajstić information content (AvgIpc) is 2.20. The van der Waals surface area contributed by atoms with Crippen molar-refractivity contribution in [1.29, 1.82) is 0 Å². The third-order valence-corrected chi connectivity index (χ3v) is 2.88. The normalized spacial score (nSPS) is 10.1. The van der Waals surface area contributed by atoms with Crippen LogP contribution in [0.2, 0.25) is 0 Å². The molecule has 1 aromatic heterocycles. The highest BCUT2D eigenvalue weighted by atomic mass is 79.9. The summed E-state index contributed by atoms with van der Waals surface area (Å²) in [5.74, 6) is 0.655. The molecule has 0 saturated carbocycles.